The number of hydrogen-bond donors (Lipinski definition) is 1. The predicted octanol–water partition coefficient (Wildman–Crippen LogP) is 3.64. The molecule has 1 aromatic heterocycles. The minimum atomic E-state index is -0.122. The van der Waals surface area contributed by atoms with Gasteiger partial charge < -0.3 is 14.6 Å². The molecule has 5 heteroatoms. The number of ether oxygens (including phenoxy) is 1. The van der Waals surface area contributed by atoms with Crippen LogP contribution in [-0.4, -0.2) is 22.6 Å². The molecule has 0 aliphatic heterocycles. The van der Waals surface area contributed by atoms with Gasteiger partial charge in [0.15, 0.2) is 0 Å². The van der Waals surface area contributed by atoms with Gasteiger partial charge in [0.1, 0.15) is 11.6 Å². The number of carbonyl (C=O) groups excluding carboxylic acids is 1. The fraction of sp³-hybridized carbons (Fsp3) is 0.300. The van der Waals surface area contributed by atoms with Gasteiger partial charge in [-0.15, -0.1) is 0 Å². The molecule has 0 saturated heterocycles. The Kier molecular flexibility index (Phi) is 4.74. The van der Waals surface area contributed by atoms with Crippen LogP contribution < -0.4 is 10.1 Å². The molecule has 3 rings (SSSR count). The van der Waals surface area contributed by atoms with Gasteiger partial charge >= 0.3 is 0 Å². The van der Waals surface area contributed by atoms with Crippen LogP contribution in [0.3, 0.4) is 0 Å². The number of fused-ring (bicyclic) bond motifs is 1. The largest absolute Gasteiger partial charge is 0.497 e. The Morgan fingerprint density at radius 1 is 1.24 bits per heavy atom. The van der Waals surface area contributed by atoms with Crippen molar-refractivity contribution in [2.45, 2.75) is 26.3 Å². The SMILES string of the molecule is COc1cccc(C(=O)NCc2ccc3c(c2)nc(C(C)C)n3C)c1. The fourth-order valence-corrected chi connectivity index (χ4v) is 2.94. The van der Waals surface area contributed by atoms with Gasteiger partial charge in [0.25, 0.3) is 5.91 Å². The van der Waals surface area contributed by atoms with E-state index in [9.17, 15) is 4.79 Å². The molecule has 25 heavy (non-hydrogen) atoms. The number of methoxy groups -OCH3 is 1. The lowest BCUT2D eigenvalue weighted by atomic mass is 10.1. The molecule has 1 N–H and O–H groups in total. The van der Waals surface area contributed by atoms with Crippen molar-refractivity contribution in [2.75, 3.05) is 7.11 Å². The van der Waals surface area contributed by atoms with Crippen LogP contribution in [0.5, 0.6) is 5.75 Å². The molecule has 5 nitrogen and oxygen atoms in total. The maximum atomic E-state index is 12.3. The Morgan fingerprint density at radius 3 is 2.76 bits per heavy atom. The van der Waals surface area contributed by atoms with E-state index < -0.39 is 0 Å². The first-order valence-corrected chi connectivity index (χ1v) is 8.37. The zero-order valence-electron chi connectivity index (χ0n) is 15.0. The van der Waals surface area contributed by atoms with Crippen LogP contribution in [0.15, 0.2) is 42.5 Å². The number of nitrogens with one attached hydrogen (secondary N) is 1. The van der Waals surface area contributed by atoms with E-state index in [1.54, 1.807) is 25.3 Å². The second-order valence-corrected chi connectivity index (χ2v) is 6.42. The van der Waals surface area contributed by atoms with Crippen LogP contribution in [-0.2, 0) is 13.6 Å². The van der Waals surface area contributed by atoms with Crippen LogP contribution in [0, 0.1) is 0 Å². The van der Waals surface area contributed by atoms with Crippen molar-refractivity contribution >= 4 is 16.9 Å². The smallest absolute Gasteiger partial charge is 0.251 e. The molecule has 0 aliphatic carbocycles. The number of aryl methyl sites for hydroxylation is 1. The van der Waals surface area contributed by atoms with Crippen LogP contribution in [0.4, 0.5) is 0 Å². The summed E-state index contributed by atoms with van der Waals surface area (Å²) in [4.78, 5) is 17.0. The zero-order valence-corrected chi connectivity index (χ0v) is 15.0. The van der Waals surface area contributed by atoms with Gasteiger partial charge in [-0.1, -0.05) is 26.0 Å². The van der Waals surface area contributed by atoms with E-state index in [0.29, 0.717) is 23.8 Å². The predicted molar refractivity (Wildman–Crippen MR) is 99.0 cm³/mol. The standard InChI is InChI=1S/C20H23N3O2/c1-13(2)19-22-17-10-14(8-9-18(17)23(19)3)12-21-20(24)15-6-5-7-16(11-15)25-4/h5-11,13H,12H2,1-4H3,(H,21,24). The summed E-state index contributed by atoms with van der Waals surface area (Å²) in [7, 11) is 3.62. The number of aromatic nitrogens is 2. The van der Waals surface area contributed by atoms with Crippen molar-refractivity contribution in [1.82, 2.24) is 14.9 Å². The van der Waals surface area contributed by atoms with Crippen LogP contribution in [0.2, 0.25) is 0 Å². The van der Waals surface area contributed by atoms with Crippen LogP contribution in [0.25, 0.3) is 11.0 Å². The fourth-order valence-electron chi connectivity index (χ4n) is 2.94. The number of hydrogen-bond acceptors (Lipinski definition) is 3. The number of imidazole rings is 1. The number of rotatable bonds is 5. The Balaban J connectivity index is 1.75. The average Bonchev–Trinajstić information content (AvgIpc) is 2.96. The first kappa shape index (κ1) is 17.0. The van der Waals surface area contributed by atoms with E-state index in [0.717, 1.165) is 22.4 Å². The molecule has 0 bridgehead atoms. The molecule has 0 fully saturated rings. The monoisotopic (exact) mass is 337 g/mol. The van der Waals surface area contributed by atoms with Crippen molar-refractivity contribution in [2.24, 2.45) is 7.05 Å². The van der Waals surface area contributed by atoms with Crippen molar-refractivity contribution in [3.63, 3.8) is 0 Å². The van der Waals surface area contributed by atoms with Gasteiger partial charge in [-0.2, -0.15) is 0 Å². The number of amides is 1. The van der Waals surface area contributed by atoms with Gasteiger partial charge in [0.2, 0.25) is 0 Å². The first-order valence-electron chi connectivity index (χ1n) is 8.37. The third-order valence-corrected chi connectivity index (χ3v) is 4.28. The lowest BCUT2D eigenvalue weighted by Crippen LogP contribution is -2.22. The minimum absolute atomic E-state index is 0.122. The van der Waals surface area contributed by atoms with Crippen LogP contribution >= 0.6 is 0 Å². The Morgan fingerprint density at radius 2 is 2.04 bits per heavy atom. The molecule has 0 atom stereocenters. The van der Waals surface area contributed by atoms with Crippen molar-refractivity contribution in [3.05, 3.63) is 59.4 Å². The molecule has 0 spiro atoms. The quantitative estimate of drug-likeness (QED) is 0.773. The lowest BCUT2D eigenvalue weighted by molar-refractivity contribution is 0.0950. The second-order valence-electron chi connectivity index (χ2n) is 6.42. The molecule has 1 amide bonds. The summed E-state index contributed by atoms with van der Waals surface area (Å²) in [5, 5.41) is 2.95. The minimum Gasteiger partial charge on any atom is -0.497 e. The Bertz CT molecular complexity index is 912. The third kappa shape index (κ3) is 3.50. The Hall–Kier alpha value is -2.82. The number of benzene rings is 2. The van der Waals surface area contributed by atoms with Gasteiger partial charge in [-0.25, -0.2) is 4.98 Å². The zero-order chi connectivity index (χ0) is 18.0. The summed E-state index contributed by atoms with van der Waals surface area (Å²) in [6.45, 7) is 4.73. The van der Waals surface area contributed by atoms with Crippen molar-refractivity contribution < 1.29 is 9.53 Å². The van der Waals surface area contributed by atoms with Gasteiger partial charge in [0.05, 0.1) is 18.1 Å². The van der Waals surface area contributed by atoms with E-state index in [2.05, 4.69) is 29.8 Å². The lowest BCUT2D eigenvalue weighted by Gasteiger charge is -2.07. The molecule has 0 radical (unpaired) electrons. The van der Waals surface area contributed by atoms with E-state index >= 15 is 0 Å². The van der Waals surface area contributed by atoms with E-state index in [1.807, 2.05) is 25.2 Å². The topological polar surface area (TPSA) is 56.1 Å². The van der Waals surface area contributed by atoms with E-state index in [-0.39, 0.29) is 5.91 Å². The maximum Gasteiger partial charge on any atom is 0.251 e. The molecule has 0 aliphatic rings. The molecule has 130 valence electrons. The van der Waals surface area contributed by atoms with Crippen molar-refractivity contribution in [1.29, 1.82) is 0 Å². The van der Waals surface area contributed by atoms with E-state index in [4.69, 9.17) is 9.72 Å². The number of carbonyl (C=O) groups is 1. The molecule has 0 unspecified atom stereocenters. The summed E-state index contributed by atoms with van der Waals surface area (Å²) in [6.07, 6.45) is 0. The normalized spacial score (nSPS) is 11.1. The molecule has 1 heterocycles. The van der Waals surface area contributed by atoms with Gasteiger partial charge in [0, 0.05) is 25.1 Å². The average molecular weight is 337 g/mol. The molecular weight excluding hydrogens is 314 g/mol. The summed E-state index contributed by atoms with van der Waals surface area (Å²) in [6, 6.07) is 13.2. The second kappa shape index (κ2) is 6.97. The highest BCUT2D eigenvalue weighted by molar-refractivity contribution is 5.94. The molecule has 2 aromatic carbocycles. The third-order valence-electron chi connectivity index (χ3n) is 4.28. The summed E-state index contributed by atoms with van der Waals surface area (Å²) < 4.78 is 7.28. The molecule has 3 aromatic rings. The van der Waals surface area contributed by atoms with Gasteiger partial charge in [-0.05, 0) is 35.9 Å². The van der Waals surface area contributed by atoms with Crippen molar-refractivity contribution in [3.8, 4) is 5.75 Å². The highest BCUT2D eigenvalue weighted by Crippen LogP contribution is 2.21. The van der Waals surface area contributed by atoms with Crippen LogP contribution in [0.1, 0.15) is 41.5 Å². The highest BCUT2D eigenvalue weighted by atomic mass is 16.5. The summed E-state index contributed by atoms with van der Waals surface area (Å²) in [5.74, 6) is 1.98. The number of nitrogens with zero attached hydrogens (tertiary/aromatic N) is 2. The van der Waals surface area contributed by atoms with E-state index in [1.165, 1.54) is 0 Å². The first-order chi connectivity index (χ1) is 12.0. The molecule has 0 saturated carbocycles. The summed E-state index contributed by atoms with van der Waals surface area (Å²) >= 11 is 0. The Labute approximate surface area is 147 Å². The van der Waals surface area contributed by atoms with Gasteiger partial charge in [-0.3, -0.25) is 4.79 Å². The maximum absolute atomic E-state index is 12.3. The highest BCUT2D eigenvalue weighted by Gasteiger charge is 2.12. The molecular formula is C20H23N3O2. The summed E-state index contributed by atoms with van der Waals surface area (Å²) in [5.41, 5.74) is 3.67.